The Morgan fingerprint density at radius 3 is 2.41 bits per heavy atom. The van der Waals surface area contributed by atoms with Gasteiger partial charge in [-0.1, -0.05) is 80.6 Å². The van der Waals surface area contributed by atoms with E-state index < -0.39 is 10.1 Å². The lowest BCUT2D eigenvalue weighted by molar-refractivity contribution is 0.322. The molecule has 0 saturated heterocycles. The van der Waals surface area contributed by atoms with Crippen LogP contribution in [0.15, 0.2) is 65.6 Å². The summed E-state index contributed by atoms with van der Waals surface area (Å²) in [6, 6.07) is 19.5. The second-order valence-electron chi connectivity index (χ2n) is 8.78. The average molecular weight is 452 g/mol. The highest BCUT2D eigenvalue weighted by Crippen LogP contribution is 2.29. The third-order valence-corrected chi connectivity index (χ3v) is 7.98. The zero-order valence-electron chi connectivity index (χ0n) is 18.8. The van der Waals surface area contributed by atoms with E-state index in [1.54, 1.807) is 12.1 Å². The molecule has 1 aliphatic rings. The normalized spacial score (nSPS) is 15.2. The van der Waals surface area contributed by atoms with Gasteiger partial charge in [-0.05, 0) is 53.8 Å². The zero-order valence-corrected chi connectivity index (χ0v) is 19.7. The molecule has 32 heavy (non-hydrogen) atoms. The Kier molecular flexibility index (Phi) is 7.48. The SMILES string of the molecule is CNc1c(CCOS(=O)(=O)c2ccc(CCC3CCCCC3)cc2)ccc2ccccc12. The topological polar surface area (TPSA) is 55.4 Å². The minimum Gasteiger partial charge on any atom is -0.387 e. The van der Waals surface area contributed by atoms with E-state index in [9.17, 15) is 8.42 Å². The van der Waals surface area contributed by atoms with Crippen LogP contribution in [0, 0.1) is 5.92 Å². The predicted molar refractivity (Wildman–Crippen MR) is 132 cm³/mol. The molecular weight excluding hydrogens is 418 g/mol. The molecule has 5 heteroatoms. The fourth-order valence-electron chi connectivity index (χ4n) is 4.82. The Morgan fingerprint density at radius 1 is 0.906 bits per heavy atom. The third kappa shape index (κ3) is 5.51. The molecule has 170 valence electrons. The minimum atomic E-state index is -3.77. The molecule has 0 bridgehead atoms. The maximum atomic E-state index is 12.7. The third-order valence-electron chi connectivity index (χ3n) is 6.65. The van der Waals surface area contributed by atoms with E-state index in [0.717, 1.165) is 34.4 Å². The maximum absolute atomic E-state index is 12.7. The second-order valence-corrected chi connectivity index (χ2v) is 10.4. The van der Waals surface area contributed by atoms with Crippen LogP contribution in [-0.2, 0) is 27.1 Å². The highest BCUT2D eigenvalue weighted by molar-refractivity contribution is 7.86. The number of benzene rings is 3. The van der Waals surface area contributed by atoms with E-state index in [1.165, 1.54) is 44.1 Å². The number of aryl methyl sites for hydroxylation is 1. The maximum Gasteiger partial charge on any atom is 0.296 e. The van der Waals surface area contributed by atoms with Gasteiger partial charge in [0, 0.05) is 18.1 Å². The lowest BCUT2D eigenvalue weighted by Gasteiger charge is -2.21. The Labute approximate surface area is 192 Å². The van der Waals surface area contributed by atoms with E-state index in [2.05, 4.69) is 23.5 Å². The van der Waals surface area contributed by atoms with Gasteiger partial charge in [-0.3, -0.25) is 4.18 Å². The first-order valence-electron chi connectivity index (χ1n) is 11.7. The molecule has 0 atom stereocenters. The van der Waals surface area contributed by atoms with Gasteiger partial charge in [0.25, 0.3) is 10.1 Å². The number of hydrogen-bond donors (Lipinski definition) is 1. The van der Waals surface area contributed by atoms with Crippen LogP contribution in [0.5, 0.6) is 0 Å². The molecule has 1 aliphatic carbocycles. The van der Waals surface area contributed by atoms with Crippen molar-refractivity contribution in [1.82, 2.24) is 0 Å². The zero-order chi connectivity index (χ0) is 22.4. The van der Waals surface area contributed by atoms with Crippen molar-refractivity contribution in [2.24, 2.45) is 5.92 Å². The first kappa shape index (κ1) is 22.8. The van der Waals surface area contributed by atoms with E-state index in [0.29, 0.717) is 6.42 Å². The Hall–Kier alpha value is -2.37. The lowest BCUT2D eigenvalue weighted by Crippen LogP contribution is -2.10. The van der Waals surface area contributed by atoms with Gasteiger partial charge in [0.1, 0.15) is 0 Å². The summed E-state index contributed by atoms with van der Waals surface area (Å²) in [5.74, 6) is 0.827. The van der Waals surface area contributed by atoms with Gasteiger partial charge in [0.2, 0.25) is 0 Å². The van der Waals surface area contributed by atoms with Gasteiger partial charge in [-0.25, -0.2) is 0 Å². The van der Waals surface area contributed by atoms with Crippen LogP contribution in [-0.4, -0.2) is 22.1 Å². The van der Waals surface area contributed by atoms with E-state index in [-0.39, 0.29) is 11.5 Å². The number of anilines is 1. The van der Waals surface area contributed by atoms with E-state index in [1.807, 2.05) is 37.4 Å². The summed E-state index contributed by atoms with van der Waals surface area (Å²) in [4.78, 5) is 0.228. The summed E-state index contributed by atoms with van der Waals surface area (Å²) >= 11 is 0. The summed E-state index contributed by atoms with van der Waals surface area (Å²) in [6.45, 7) is 0.110. The standard InChI is InChI=1S/C27H33NO3S/c1-28-27-24(16-15-23-9-5-6-10-26(23)27)19-20-31-32(29,30)25-17-13-22(14-18-25)12-11-21-7-3-2-4-8-21/h5-6,9-10,13-18,21,28H,2-4,7-8,11-12,19-20H2,1H3. The van der Waals surface area contributed by atoms with Gasteiger partial charge >= 0.3 is 0 Å². The van der Waals surface area contributed by atoms with Crippen molar-refractivity contribution in [2.75, 3.05) is 19.0 Å². The van der Waals surface area contributed by atoms with Crippen molar-refractivity contribution in [2.45, 2.75) is 56.3 Å². The summed E-state index contributed by atoms with van der Waals surface area (Å²) in [7, 11) is -1.88. The molecule has 1 saturated carbocycles. The van der Waals surface area contributed by atoms with Crippen LogP contribution >= 0.6 is 0 Å². The summed E-state index contributed by atoms with van der Waals surface area (Å²) in [5.41, 5.74) is 3.26. The molecule has 0 aromatic heterocycles. The fraction of sp³-hybridized carbons (Fsp3) is 0.407. The van der Waals surface area contributed by atoms with Crippen LogP contribution < -0.4 is 5.32 Å². The Balaban J connectivity index is 1.34. The largest absolute Gasteiger partial charge is 0.387 e. The van der Waals surface area contributed by atoms with Crippen LogP contribution in [0.3, 0.4) is 0 Å². The molecular formula is C27H33NO3S. The molecule has 1 fully saturated rings. The molecule has 0 spiro atoms. The first-order valence-corrected chi connectivity index (χ1v) is 13.1. The van der Waals surface area contributed by atoms with Crippen LogP contribution in [0.4, 0.5) is 5.69 Å². The molecule has 0 heterocycles. The van der Waals surface area contributed by atoms with Crippen molar-refractivity contribution in [3.05, 3.63) is 71.8 Å². The predicted octanol–water partition coefficient (Wildman–Crippen LogP) is 6.34. The fourth-order valence-corrected chi connectivity index (χ4v) is 5.73. The number of hydrogen-bond acceptors (Lipinski definition) is 4. The summed E-state index contributed by atoms with van der Waals surface area (Å²) in [5, 5.41) is 5.53. The second kappa shape index (κ2) is 10.5. The molecule has 3 aromatic rings. The van der Waals surface area contributed by atoms with Crippen molar-refractivity contribution < 1.29 is 12.6 Å². The lowest BCUT2D eigenvalue weighted by atomic mass is 9.85. The monoisotopic (exact) mass is 451 g/mol. The summed E-state index contributed by atoms with van der Waals surface area (Å²) in [6.07, 6.45) is 9.49. The van der Waals surface area contributed by atoms with Crippen molar-refractivity contribution in [3.8, 4) is 0 Å². The number of fused-ring (bicyclic) bond motifs is 1. The number of rotatable bonds is 9. The van der Waals surface area contributed by atoms with Gasteiger partial charge in [0.15, 0.2) is 0 Å². The molecule has 1 N–H and O–H groups in total. The van der Waals surface area contributed by atoms with Crippen LogP contribution in [0.25, 0.3) is 10.8 Å². The molecule has 4 rings (SSSR count). The van der Waals surface area contributed by atoms with Crippen molar-refractivity contribution in [3.63, 3.8) is 0 Å². The highest BCUT2D eigenvalue weighted by Gasteiger charge is 2.17. The summed E-state index contributed by atoms with van der Waals surface area (Å²) < 4.78 is 30.7. The molecule has 0 amide bonds. The number of nitrogens with one attached hydrogen (secondary N) is 1. The molecule has 0 unspecified atom stereocenters. The molecule has 0 aliphatic heterocycles. The van der Waals surface area contributed by atoms with Gasteiger partial charge in [0.05, 0.1) is 11.5 Å². The Morgan fingerprint density at radius 2 is 1.66 bits per heavy atom. The van der Waals surface area contributed by atoms with Crippen LogP contribution in [0.1, 0.15) is 49.7 Å². The smallest absolute Gasteiger partial charge is 0.296 e. The van der Waals surface area contributed by atoms with E-state index >= 15 is 0 Å². The van der Waals surface area contributed by atoms with Crippen molar-refractivity contribution in [1.29, 1.82) is 0 Å². The molecule has 4 nitrogen and oxygen atoms in total. The van der Waals surface area contributed by atoms with Gasteiger partial charge < -0.3 is 5.32 Å². The quantitative estimate of drug-likeness (QED) is 0.386. The Bertz CT molecular complexity index is 1130. The van der Waals surface area contributed by atoms with Gasteiger partial charge in [-0.15, -0.1) is 0 Å². The molecule has 3 aromatic carbocycles. The van der Waals surface area contributed by atoms with E-state index in [4.69, 9.17) is 4.18 Å². The minimum absolute atomic E-state index is 0.110. The van der Waals surface area contributed by atoms with Crippen LogP contribution in [0.2, 0.25) is 0 Å². The van der Waals surface area contributed by atoms with Crippen molar-refractivity contribution >= 4 is 26.6 Å². The highest BCUT2D eigenvalue weighted by atomic mass is 32.2. The average Bonchev–Trinajstić information content (AvgIpc) is 2.83. The van der Waals surface area contributed by atoms with Gasteiger partial charge in [-0.2, -0.15) is 8.42 Å². The first-order chi connectivity index (χ1) is 15.6. The molecule has 0 radical (unpaired) electrons.